The van der Waals surface area contributed by atoms with Gasteiger partial charge in [0, 0.05) is 18.0 Å². The van der Waals surface area contributed by atoms with Crippen LogP contribution in [0.3, 0.4) is 0 Å². The van der Waals surface area contributed by atoms with Crippen LogP contribution in [0.25, 0.3) is 0 Å². The Morgan fingerprint density at radius 1 is 1.50 bits per heavy atom. The van der Waals surface area contributed by atoms with Gasteiger partial charge >= 0.3 is 0 Å². The number of halogens is 1. The molecule has 1 saturated carbocycles. The van der Waals surface area contributed by atoms with Crippen molar-refractivity contribution in [3.63, 3.8) is 0 Å². The predicted octanol–water partition coefficient (Wildman–Crippen LogP) is 2.00. The summed E-state index contributed by atoms with van der Waals surface area (Å²) in [7, 11) is 0. The second-order valence-electron chi connectivity index (χ2n) is 3.51. The van der Waals surface area contributed by atoms with Crippen LogP contribution in [0.1, 0.15) is 26.7 Å². The monoisotopic (exact) mass is 161 g/mol. The topological polar surface area (TPSA) is 12.0 Å². The molecule has 0 radical (unpaired) electrons. The van der Waals surface area contributed by atoms with E-state index in [-0.39, 0.29) is 0 Å². The maximum atomic E-state index is 5.68. The highest BCUT2D eigenvalue weighted by Crippen LogP contribution is 2.28. The Kier molecular flexibility index (Phi) is 2.99. The molecule has 0 unspecified atom stereocenters. The van der Waals surface area contributed by atoms with Crippen LogP contribution >= 0.6 is 11.6 Å². The Balaban J connectivity index is 2.03. The zero-order valence-corrected chi connectivity index (χ0v) is 7.49. The molecule has 0 aromatic heterocycles. The van der Waals surface area contributed by atoms with Crippen molar-refractivity contribution in [1.82, 2.24) is 5.32 Å². The quantitative estimate of drug-likeness (QED) is 0.625. The number of nitrogens with one attached hydrogen (secondary N) is 1. The number of hydrogen-bond acceptors (Lipinski definition) is 1. The van der Waals surface area contributed by atoms with E-state index in [1.807, 2.05) is 0 Å². The summed E-state index contributed by atoms with van der Waals surface area (Å²) in [5.74, 6) is 1.63. The fourth-order valence-corrected chi connectivity index (χ4v) is 1.72. The molecule has 1 fully saturated rings. The summed E-state index contributed by atoms with van der Waals surface area (Å²) in [6.07, 6.45) is 2.56. The second-order valence-corrected chi connectivity index (χ2v) is 3.82. The first-order valence-corrected chi connectivity index (χ1v) is 4.58. The van der Waals surface area contributed by atoms with Crippen LogP contribution in [0.15, 0.2) is 0 Å². The Morgan fingerprint density at radius 2 is 2.10 bits per heavy atom. The van der Waals surface area contributed by atoms with Crippen molar-refractivity contribution in [3.05, 3.63) is 0 Å². The fourth-order valence-electron chi connectivity index (χ4n) is 1.47. The van der Waals surface area contributed by atoms with Gasteiger partial charge in [-0.05, 0) is 18.8 Å². The van der Waals surface area contributed by atoms with Crippen LogP contribution in [-0.4, -0.2) is 18.0 Å². The lowest BCUT2D eigenvalue weighted by Crippen LogP contribution is -2.44. The lowest BCUT2D eigenvalue weighted by Gasteiger charge is -2.36. The molecule has 0 spiro atoms. The zero-order valence-electron chi connectivity index (χ0n) is 6.73. The van der Waals surface area contributed by atoms with Gasteiger partial charge in [-0.1, -0.05) is 13.8 Å². The zero-order chi connectivity index (χ0) is 7.56. The molecule has 1 aliphatic rings. The summed E-state index contributed by atoms with van der Waals surface area (Å²) in [5.41, 5.74) is 0. The van der Waals surface area contributed by atoms with Crippen LogP contribution in [0, 0.1) is 5.92 Å². The summed E-state index contributed by atoms with van der Waals surface area (Å²) >= 11 is 5.68. The average Bonchev–Trinajstić information content (AvgIpc) is 1.76. The van der Waals surface area contributed by atoms with Gasteiger partial charge in [-0.25, -0.2) is 0 Å². The van der Waals surface area contributed by atoms with Crippen LogP contribution in [0.2, 0.25) is 0 Å². The van der Waals surface area contributed by atoms with Crippen molar-refractivity contribution in [2.45, 2.75) is 38.8 Å². The first kappa shape index (κ1) is 8.35. The molecule has 0 saturated heterocycles. The summed E-state index contributed by atoms with van der Waals surface area (Å²) in [6, 6.07) is 1.38. The number of rotatable bonds is 3. The minimum absolute atomic E-state index is 0.626. The Labute approximate surface area is 68.1 Å². The maximum absolute atomic E-state index is 5.68. The molecule has 1 N–H and O–H groups in total. The SMILES string of the molecule is CC(C)NC1CC(CCl)C1. The predicted molar refractivity (Wildman–Crippen MR) is 45.5 cm³/mol. The van der Waals surface area contributed by atoms with Gasteiger partial charge in [0.1, 0.15) is 0 Å². The van der Waals surface area contributed by atoms with Gasteiger partial charge in [-0.2, -0.15) is 0 Å². The van der Waals surface area contributed by atoms with E-state index in [0.29, 0.717) is 6.04 Å². The van der Waals surface area contributed by atoms with Crippen molar-refractivity contribution in [2.24, 2.45) is 5.92 Å². The molecule has 0 aliphatic heterocycles. The van der Waals surface area contributed by atoms with Gasteiger partial charge < -0.3 is 5.32 Å². The highest BCUT2D eigenvalue weighted by Gasteiger charge is 2.27. The van der Waals surface area contributed by atoms with E-state index in [0.717, 1.165) is 17.8 Å². The van der Waals surface area contributed by atoms with E-state index < -0.39 is 0 Å². The lowest BCUT2D eigenvalue weighted by atomic mass is 9.81. The van der Waals surface area contributed by atoms with Gasteiger partial charge in [-0.3, -0.25) is 0 Å². The molecular formula is C8H16ClN. The third kappa shape index (κ3) is 2.14. The Hall–Kier alpha value is 0.250. The minimum atomic E-state index is 0.626. The van der Waals surface area contributed by atoms with E-state index >= 15 is 0 Å². The minimum Gasteiger partial charge on any atom is -0.312 e. The van der Waals surface area contributed by atoms with Crippen LogP contribution in [-0.2, 0) is 0 Å². The van der Waals surface area contributed by atoms with E-state index in [4.69, 9.17) is 11.6 Å². The first-order chi connectivity index (χ1) is 4.72. The summed E-state index contributed by atoms with van der Waals surface area (Å²) < 4.78 is 0. The van der Waals surface area contributed by atoms with Crippen molar-refractivity contribution in [3.8, 4) is 0 Å². The Morgan fingerprint density at radius 3 is 2.50 bits per heavy atom. The lowest BCUT2D eigenvalue weighted by molar-refractivity contribution is 0.232. The van der Waals surface area contributed by atoms with E-state index in [2.05, 4.69) is 19.2 Å². The highest BCUT2D eigenvalue weighted by atomic mass is 35.5. The molecule has 1 rings (SSSR count). The van der Waals surface area contributed by atoms with E-state index in [9.17, 15) is 0 Å². The van der Waals surface area contributed by atoms with Crippen LogP contribution < -0.4 is 5.32 Å². The molecule has 0 amide bonds. The molecule has 1 nitrogen and oxygen atoms in total. The average molecular weight is 162 g/mol. The number of alkyl halides is 1. The number of hydrogen-bond donors (Lipinski definition) is 1. The van der Waals surface area contributed by atoms with Gasteiger partial charge in [0.05, 0.1) is 0 Å². The summed E-state index contributed by atoms with van der Waals surface area (Å²) in [4.78, 5) is 0. The molecular weight excluding hydrogens is 146 g/mol. The molecule has 60 valence electrons. The molecule has 0 heterocycles. The second kappa shape index (κ2) is 3.59. The fraction of sp³-hybridized carbons (Fsp3) is 1.00. The van der Waals surface area contributed by atoms with Gasteiger partial charge in [-0.15, -0.1) is 11.6 Å². The van der Waals surface area contributed by atoms with Crippen molar-refractivity contribution in [2.75, 3.05) is 5.88 Å². The first-order valence-electron chi connectivity index (χ1n) is 4.04. The normalized spacial score (nSPS) is 32.4. The molecule has 10 heavy (non-hydrogen) atoms. The molecule has 0 bridgehead atoms. The Bertz CT molecular complexity index is 97.4. The summed E-state index contributed by atoms with van der Waals surface area (Å²) in [6.45, 7) is 4.38. The smallest absolute Gasteiger partial charge is 0.0252 e. The van der Waals surface area contributed by atoms with Crippen molar-refractivity contribution >= 4 is 11.6 Å². The maximum Gasteiger partial charge on any atom is 0.0252 e. The molecule has 1 aliphatic carbocycles. The summed E-state index contributed by atoms with van der Waals surface area (Å²) in [5, 5.41) is 3.48. The molecule has 0 aromatic carbocycles. The van der Waals surface area contributed by atoms with Crippen LogP contribution in [0.4, 0.5) is 0 Å². The van der Waals surface area contributed by atoms with Gasteiger partial charge in [0.2, 0.25) is 0 Å². The van der Waals surface area contributed by atoms with Gasteiger partial charge in [0.25, 0.3) is 0 Å². The standard InChI is InChI=1S/C8H16ClN/c1-6(2)10-8-3-7(4-8)5-9/h6-8,10H,3-5H2,1-2H3. The molecule has 0 atom stereocenters. The van der Waals surface area contributed by atoms with Gasteiger partial charge in [0.15, 0.2) is 0 Å². The third-order valence-electron chi connectivity index (χ3n) is 2.02. The van der Waals surface area contributed by atoms with Crippen molar-refractivity contribution in [1.29, 1.82) is 0 Å². The molecule has 2 heteroatoms. The highest BCUT2D eigenvalue weighted by molar-refractivity contribution is 6.18. The largest absolute Gasteiger partial charge is 0.312 e. The van der Waals surface area contributed by atoms with E-state index in [1.54, 1.807) is 0 Å². The van der Waals surface area contributed by atoms with E-state index in [1.165, 1.54) is 12.8 Å². The van der Waals surface area contributed by atoms with Crippen molar-refractivity contribution < 1.29 is 0 Å². The molecule has 0 aromatic rings. The third-order valence-corrected chi connectivity index (χ3v) is 2.46. The van der Waals surface area contributed by atoms with Crippen LogP contribution in [0.5, 0.6) is 0 Å².